The van der Waals surface area contributed by atoms with Gasteiger partial charge in [-0.1, -0.05) is 6.92 Å². The number of nitro benzene ring substituents is 1. The van der Waals surface area contributed by atoms with Crippen molar-refractivity contribution in [2.45, 2.75) is 48.8 Å². The van der Waals surface area contributed by atoms with Crippen molar-refractivity contribution in [3.8, 4) is 0 Å². The van der Waals surface area contributed by atoms with E-state index in [1.54, 1.807) is 0 Å². The molecule has 1 aromatic rings. The summed E-state index contributed by atoms with van der Waals surface area (Å²) in [6.45, 7) is 2.97. The van der Waals surface area contributed by atoms with E-state index in [0.717, 1.165) is 19.4 Å². The molecule has 0 aromatic heterocycles. The fourth-order valence-electron chi connectivity index (χ4n) is 2.71. The Morgan fingerprint density at radius 2 is 1.95 bits per heavy atom. The minimum atomic E-state index is -3.40. The van der Waals surface area contributed by atoms with Gasteiger partial charge < -0.3 is 5.32 Å². The van der Waals surface area contributed by atoms with Crippen LogP contribution in [0.3, 0.4) is 0 Å². The van der Waals surface area contributed by atoms with Gasteiger partial charge in [-0.15, -0.1) is 0 Å². The maximum atomic E-state index is 12.5. The van der Waals surface area contributed by atoms with Gasteiger partial charge >= 0.3 is 0 Å². The highest BCUT2D eigenvalue weighted by atomic mass is 32.2. The summed E-state index contributed by atoms with van der Waals surface area (Å²) in [5, 5.41) is 13.6. The molecule has 1 N–H and O–H groups in total. The topological polar surface area (TPSA) is 89.3 Å². The average Bonchev–Trinajstić information content (AvgIpc) is 2.94. The lowest BCUT2D eigenvalue weighted by Gasteiger charge is -2.13. The van der Waals surface area contributed by atoms with Gasteiger partial charge in [-0.05, 0) is 44.4 Å². The van der Waals surface area contributed by atoms with Crippen LogP contribution in [0.5, 0.6) is 0 Å². The zero-order chi connectivity index (χ0) is 15.5. The van der Waals surface area contributed by atoms with Crippen molar-refractivity contribution < 1.29 is 13.3 Å². The molecule has 6 nitrogen and oxygen atoms in total. The van der Waals surface area contributed by atoms with E-state index in [4.69, 9.17) is 0 Å². The van der Waals surface area contributed by atoms with E-state index in [1.165, 1.54) is 24.3 Å². The number of benzene rings is 1. The lowest BCUT2D eigenvalue weighted by Crippen LogP contribution is -2.29. The first-order valence-corrected chi connectivity index (χ1v) is 8.71. The molecule has 1 saturated carbocycles. The van der Waals surface area contributed by atoms with E-state index in [2.05, 4.69) is 12.2 Å². The summed E-state index contributed by atoms with van der Waals surface area (Å²) >= 11 is 0. The molecule has 2 rings (SSSR count). The summed E-state index contributed by atoms with van der Waals surface area (Å²) in [6.07, 6.45) is 3.13. The Bertz CT molecular complexity index is 598. The Kier molecular flexibility index (Phi) is 4.95. The van der Waals surface area contributed by atoms with E-state index < -0.39 is 20.0 Å². The normalized spacial score (nSPS) is 22.3. The molecule has 21 heavy (non-hydrogen) atoms. The number of rotatable bonds is 6. The minimum Gasteiger partial charge on any atom is -0.314 e. The summed E-state index contributed by atoms with van der Waals surface area (Å²) in [5.74, 6) is 0. The van der Waals surface area contributed by atoms with Gasteiger partial charge in [0.25, 0.3) is 5.69 Å². The molecular formula is C14H20N2O4S. The second-order valence-corrected chi connectivity index (χ2v) is 7.61. The van der Waals surface area contributed by atoms with Crippen LogP contribution in [0.25, 0.3) is 0 Å². The molecule has 2 atom stereocenters. The van der Waals surface area contributed by atoms with Crippen LogP contribution in [0.15, 0.2) is 29.2 Å². The first-order chi connectivity index (χ1) is 9.95. The van der Waals surface area contributed by atoms with Crippen molar-refractivity contribution in [3.05, 3.63) is 34.4 Å². The number of nitrogens with one attached hydrogen (secondary N) is 1. The van der Waals surface area contributed by atoms with Gasteiger partial charge in [0.1, 0.15) is 0 Å². The van der Waals surface area contributed by atoms with Crippen molar-refractivity contribution in [2.24, 2.45) is 0 Å². The van der Waals surface area contributed by atoms with Gasteiger partial charge in [-0.25, -0.2) is 8.42 Å². The van der Waals surface area contributed by atoms with Crippen LogP contribution in [-0.2, 0) is 9.84 Å². The lowest BCUT2D eigenvalue weighted by molar-refractivity contribution is -0.384. The Morgan fingerprint density at radius 1 is 1.29 bits per heavy atom. The largest absolute Gasteiger partial charge is 0.314 e. The molecule has 0 amide bonds. The minimum absolute atomic E-state index is 0.0946. The van der Waals surface area contributed by atoms with Gasteiger partial charge in [-0.3, -0.25) is 10.1 Å². The Morgan fingerprint density at radius 3 is 2.52 bits per heavy atom. The molecule has 1 fully saturated rings. The lowest BCUT2D eigenvalue weighted by atomic mass is 10.2. The molecule has 1 aliphatic carbocycles. The van der Waals surface area contributed by atoms with Crippen LogP contribution in [0.1, 0.15) is 32.6 Å². The zero-order valence-corrected chi connectivity index (χ0v) is 12.8. The maximum Gasteiger partial charge on any atom is 0.269 e. The molecular weight excluding hydrogens is 292 g/mol. The fraction of sp³-hybridized carbons (Fsp3) is 0.571. The Balaban J connectivity index is 2.10. The molecule has 7 heteroatoms. The first kappa shape index (κ1) is 15.9. The molecule has 1 aromatic carbocycles. The van der Waals surface area contributed by atoms with Gasteiger partial charge in [0, 0.05) is 18.2 Å². The predicted molar refractivity (Wildman–Crippen MR) is 80.0 cm³/mol. The summed E-state index contributed by atoms with van der Waals surface area (Å²) in [7, 11) is -3.40. The monoisotopic (exact) mass is 312 g/mol. The molecule has 0 radical (unpaired) electrons. The first-order valence-electron chi connectivity index (χ1n) is 7.17. The average molecular weight is 312 g/mol. The van der Waals surface area contributed by atoms with Crippen LogP contribution < -0.4 is 5.32 Å². The van der Waals surface area contributed by atoms with Crippen molar-refractivity contribution >= 4 is 15.5 Å². The van der Waals surface area contributed by atoms with Crippen LogP contribution in [-0.4, -0.2) is 31.2 Å². The molecule has 1 aliphatic rings. The van der Waals surface area contributed by atoms with Crippen LogP contribution >= 0.6 is 0 Å². The number of hydrogen-bond donors (Lipinski definition) is 1. The number of non-ortho nitro benzene ring substituents is 1. The Labute approximate surface area is 124 Å². The van der Waals surface area contributed by atoms with Gasteiger partial charge in [0.15, 0.2) is 9.84 Å². The third-order valence-corrected chi connectivity index (χ3v) is 6.12. The number of nitrogens with zero attached hydrogens (tertiary/aromatic N) is 1. The van der Waals surface area contributed by atoms with Crippen molar-refractivity contribution in [2.75, 3.05) is 6.54 Å². The van der Waals surface area contributed by atoms with Crippen molar-refractivity contribution in [1.82, 2.24) is 5.32 Å². The molecule has 116 valence electrons. The highest BCUT2D eigenvalue weighted by molar-refractivity contribution is 7.92. The molecule has 0 bridgehead atoms. The standard InChI is InChI=1S/C14H20N2O4S/c1-2-9-15-11-3-6-14(10-11)21(19,20)13-7-4-12(5-8-13)16(17)18/h4-5,7-8,11,14-15H,2-3,6,9-10H2,1H3. The number of sulfone groups is 1. The fourth-order valence-corrected chi connectivity index (χ4v) is 4.54. The predicted octanol–water partition coefficient (Wildman–Crippen LogP) is 2.29. The van der Waals surface area contributed by atoms with E-state index in [-0.39, 0.29) is 16.6 Å². The summed E-state index contributed by atoms with van der Waals surface area (Å²) in [5.41, 5.74) is -0.0946. The number of hydrogen-bond acceptors (Lipinski definition) is 5. The van der Waals surface area contributed by atoms with E-state index in [9.17, 15) is 18.5 Å². The summed E-state index contributed by atoms with van der Waals surface area (Å²) < 4.78 is 25.1. The van der Waals surface area contributed by atoms with E-state index in [1.807, 2.05) is 0 Å². The molecule has 0 aliphatic heterocycles. The highest BCUT2D eigenvalue weighted by Gasteiger charge is 2.35. The van der Waals surface area contributed by atoms with Gasteiger partial charge in [-0.2, -0.15) is 0 Å². The SMILES string of the molecule is CCCNC1CCC(S(=O)(=O)c2ccc([N+](=O)[O-])cc2)C1. The van der Waals surface area contributed by atoms with E-state index in [0.29, 0.717) is 12.8 Å². The second-order valence-electron chi connectivity index (χ2n) is 5.38. The molecule has 0 spiro atoms. The van der Waals surface area contributed by atoms with Crippen molar-refractivity contribution in [3.63, 3.8) is 0 Å². The Hall–Kier alpha value is -1.47. The summed E-state index contributed by atoms with van der Waals surface area (Å²) in [4.78, 5) is 10.3. The second kappa shape index (κ2) is 6.53. The molecule has 2 unspecified atom stereocenters. The number of nitro groups is 1. The highest BCUT2D eigenvalue weighted by Crippen LogP contribution is 2.30. The quantitative estimate of drug-likeness (QED) is 0.643. The third-order valence-electron chi connectivity index (χ3n) is 3.88. The van der Waals surface area contributed by atoms with Crippen LogP contribution in [0, 0.1) is 10.1 Å². The maximum absolute atomic E-state index is 12.5. The van der Waals surface area contributed by atoms with Crippen LogP contribution in [0.4, 0.5) is 5.69 Å². The third kappa shape index (κ3) is 3.59. The molecule has 0 saturated heterocycles. The molecule has 0 heterocycles. The van der Waals surface area contributed by atoms with E-state index >= 15 is 0 Å². The van der Waals surface area contributed by atoms with Gasteiger partial charge in [0.05, 0.1) is 15.1 Å². The smallest absolute Gasteiger partial charge is 0.269 e. The van der Waals surface area contributed by atoms with Crippen LogP contribution in [0.2, 0.25) is 0 Å². The zero-order valence-electron chi connectivity index (χ0n) is 12.0. The summed E-state index contributed by atoms with van der Waals surface area (Å²) in [6, 6.07) is 5.41. The van der Waals surface area contributed by atoms with Gasteiger partial charge in [0.2, 0.25) is 0 Å². The van der Waals surface area contributed by atoms with Crippen molar-refractivity contribution in [1.29, 1.82) is 0 Å².